The Morgan fingerprint density at radius 2 is 1.45 bits per heavy atom. The fraction of sp³-hybridized carbons (Fsp3) is 0.273. The first kappa shape index (κ1) is 28.7. The molecular formula is C33H32Cl2N6O3. The number of halogens is 2. The van der Waals surface area contributed by atoms with Crippen LogP contribution in [0.1, 0.15) is 5.56 Å². The lowest BCUT2D eigenvalue weighted by Gasteiger charge is -2.37. The van der Waals surface area contributed by atoms with Crippen molar-refractivity contribution in [1.29, 1.82) is 0 Å². The van der Waals surface area contributed by atoms with Crippen molar-refractivity contribution in [3.8, 4) is 11.4 Å². The second kappa shape index (κ2) is 12.5. The second-order valence-electron chi connectivity index (χ2n) is 10.9. The van der Waals surface area contributed by atoms with Gasteiger partial charge in [-0.25, -0.2) is 9.97 Å². The first-order valence-corrected chi connectivity index (χ1v) is 15.3. The third-order valence-electron chi connectivity index (χ3n) is 8.09. The molecule has 0 spiro atoms. The normalized spacial score (nSPS) is 20.3. The number of aromatic nitrogens is 4. The molecule has 4 heterocycles. The van der Waals surface area contributed by atoms with Crippen LogP contribution in [-0.2, 0) is 21.8 Å². The van der Waals surface area contributed by atoms with E-state index in [2.05, 4.69) is 56.2 Å². The van der Waals surface area contributed by atoms with Gasteiger partial charge in [-0.2, -0.15) is 0 Å². The van der Waals surface area contributed by atoms with Crippen molar-refractivity contribution in [2.24, 2.45) is 0 Å². The van der Waals surface area contributed by atoms with Gasteiger partial charge in [-0.05, 0) is 60.7 Å². The van der Waals surface area contributed by atoms with E-state index in [1.165, 1.54) is 11.4 Å². The summed E-state index contributed by atoms with van der Waals surface area (Å²) in [6.45, 7) is 4.91. The summed E-state index contributed by atoms with van der Waals surface area (Å²) in [6, 6.07) is 22.2. The number of imidazole rings is 2. The minimum atomic E-state index is -1.08. The van der Waals surface area contributed by atoms with Gasteiger partial charge < -0.3 is 33.1 Å². The molecule has 0 aliphatic carbocycles. The number of ether oxygens (including phenoxy) is 3. The summed E-state index contributed by atoms with van der Waals surface area (Å²) in [5, 5.41) is 1.04. The maximum absolute atomic E-state index is 6.59. The lowest BCUT2D eigenvalue weighted by Crippen LogP contribution is -2.46. The van der Waals surface area contributed by atoms with Gasteiger partial charge in [0.25, 0.3) is 0 Å². The van der Waals surface area contributed by atoms with Crippen LogP contribution < -0.4 is 14.5 Å². The Morgan fingerprint density at radius 1 is 0.795 bits per heavy atom. The van der Waals surface area contributed by atoms with Gasteiger partial charge in [-0.1, -0.05) is 29.3 Å². The van der Waals surface area contributed by atoms with E-state index in [4.69, 9.17) is 37.4 Å². The van der Waals surface area contributed by atoms with Gasteiger partial charge in [0.15, 0.2) is 0 Å². The molecule has 3 aromatic carbocycles. The molecule has 2 aliphatic rings. The van der Waals surface area contributed by atoms with E-state index in [1.54, 1.807) is 30.9 Å². The summed E-state index contributed by atoms with van der Waals surface area (Å²) in [4.78, 5) is 13.1. The Morgan fingerprint density at radius 3 is 2.09 bits per heavy atom. The molecule has 44 heavy (non-hydrogen) atoms. The third-order valence-corrected chi connectivity index (χ3v) is 8.63. The molecule has 2 unspecified atom stereocenters. The Balaban J connectivity index is 0.936. The molecule has 5 aromatic rings. The van der Waals surface area contributed by atoms with Crippen LogP contribution in [0.3, 0.4) is 0 Å². The SMILES string of the molecule is Clc1ccc(C2(Cn3ccnc3)OCC(COc3ccc(N4CCN(c5ccc(-n6ccnc6)cc5)CC4)cc3)O2)c(Cl)c1. The van der Waals surface area contributed by atoms with Crippen LogP contribution in [0.15, 0.2) is 104 Å². The van der Waals surface area contributed by atoms with E-state index < -0.39 is 5.79 Å². The van der Waals surface area contributed by atoms with E-state index >= 15 is 0 Å². The van der Waals surface area contributed by atoms with Gasteiger partial charge in [0.1, 0.15) is 18.5 Å². The molecule has 9 nitrogen and oxygen atoms in total. The zero-order chi connectivity index (χ0) is 29.9. The Bertz CT molecular complexity index is 1660. The summed E-state index contributed by atoms with van der Waals surface area (Å²) in [5.41, 5.74) is 4.25. The molecule has 2 atom stereocenters. The van der Waals surface area contributed by atoms with Gasteiger partial charge in [0, 0.05) is 78.6 Å². The smallest absolute Gasteiger partial charge is 0.215 e. The number of hydrogen-bond donors (Lipinski definition) is 0. The van der Waals surface area contributed by atoms with Gasteiger partial charge in [-0.15, -0.1) is 0 Å². The van der Waals surface area contributed by atoms with Crippen molar-refractivity contribution in [3.63, 3.8) is 0 Å². The van der Waals surface area contributed by atoms with E-state index in [-0.39, 0.29) is 6.10 Å². The van der Waals surface area contributed by atoms with Gasteiger partial charge >= 0.3 is 0 Å². The third kappa shape index (κ3) is 6.14. The van der Waals surface area contributed by atoms with Crippen LogP contribution in [-0.4, -0.2) is 64.6 Å². The minimum absolute atomic E-state index is 0.285. The van der Waals surface area contributed by atoms with Crippen LogP contribution >= 0.6 is 23.2 Å². The molecule has 0 N–H and O–H groups in total. The van der Waals surface area contributed by atoms with Crippen molar-refractivity contribution < 1.29 is 14.2 Å². The molecule has 226 valence electrons. The first-order chi connectivity index (χ1) is 21.5. The topological polar surface area (TPSA) is 69.8 Å². The fourth-order valence-electron chi connectivity index (χ4n) is 5.79. The van der Waals surface area contributed by atoms with Gasteiger partial charge in [0.05, 0.1) is 30.8 Å². The number of hydrogen-bond acceptors (Lipinski definition) is 7. The van der Waals surface area contributed by atoms with Crippen molar-refractivity contribution >= 4 is 34.6 Å². The molecular weight excluding hydrogens is 599 g/mol. The molecule has 2 aliphatic heterocycles. The lowest BCUT2D eigenvalue weighted by molar-refractivity contribution is -0.189. The molecule has 11 heteroatoms. The number of nitrogens with zero attached hydrogens (tertiary/aromatic N) is 6. The first-order valence-electron chi connectivity index (χ1n) is 14.6. The van der Waals surface area contributed by atoms with Crippen molar-refractivity contribution in [3.05, 3.63) is 120 Å². The zero-order valence-corrected chi connectivity index (χ0v) is 25.5. The number of anilines is 2. The quantitative estimate of drug-likeness (QED) is 0.196. The molecule has 2 saturated heterocycles. The highest BCUT2D eigenvalue weighted by Gasteiger charge is 2.45. The standard InChI is InChI=1S/C33H32Cl2N6O3/c34-25-1-10-31(32(35)19-25)33(22-38-13-11-36-23-38)43-21-30(44-33)20-42-29-8-6-27(7-9-29)40-17-15-39(16-18-40)26-2-4-28(5-3-26)41-14-12-37-24-41/h1-14,19,23-24,30H,15-18,20-22H2. The molecule has 0 bridgehead atoms. The molecule has 7 rings (SSSR count). The summed E-state index contributed by atoms with van der Waals surface area (Å²) in [6.07, 6.45) is 10.6. The van der Waals surface area contributed by atoms with Crippen molar-refractivity contribution in [2.45, 2.75) is 18.4 Å². The van der Waals surface area contributed by atoms with Crippen molar-refractivity contribution in [2.75, 3.05) is 49.2 Å². The molecule has 0 saturated carbocycles. The Hall–Kier alpha value is -4.02. The second-order valence-corrected chi connectivity index (χ2v) is 11.8. The van der Waals surface area contributed by atoms with Crippen LogP contribution in [0.5, 0.6) is 5.75 Å². The van der Waals surface area contributed by atoms with E-state index in [1.807, 2.05) is 46.1 Å². The number of rotatable bonds is 9. The maximum Gasteiger partial charge on any atom is 0.215 e. The predicted octanol–water partition coefficient (Wildman–Crippen LogP) is 6.05. The zero-order valence-electron chi connectivity index (χ0n) is 24.0. The van der Waals surface area contributed by atoms with E-state index in [9.17, 15) is 0 Å². The monoisotopic (exact) mass is 630 g/mol. The molecule has 2 aromatic heterocycles. The van der Waals surface area contributed by atoms with Crippen LogP contribution in [0.4, 0.5) is 11.4 Å². The fourth-order valence-corrected chi connectivity index (χ4v) is 6.34. The highest BCUT2D eigenvalue weighted by molar-refractivity contribution is 6.35. The molecule has 0 amide bonds. The summed E-state index contributed by atoms with van der Waals surface area (Å²) < 4.78 is 22.9. The Labute approximate surface area is 266 Å². The summed E-state index contributed by atoms with van der Waals surface area (Å²) in [5.74, 6) is -0.296. The lowest BCUT2D eigenvalue weighted by atomic mass is 10.1. The van der Waals surface area contributed by atoms with Crippen molar-refractivity contribution in [1.82, 2.24) is 19.1 Å². The summed E-state index contributed by atoms with van der Waals surface area (Å²) >= 11 is 12.8. The molecule has 2 fully saturated rings. The van der Waals surface area contributed by atoms with Crippen LogP contribution in [0.2, 0.25) is 10.0 Å². The molecule has 0 radical (unpaired) electrons. The minimum Gasteiger partial charge on any atom is -0.491 e. The predicted molar refractivity (Wildman–Crippen MR) is 171 cm³/mol. The number of benzene rings is 3. The average Bonchev–Trinajstić information content (AvgIpc) is 3.85. The highest BCUT2D eigenvalue weighted by Crippen LogP contribution is 2.40. The average molecular weight is 632 g/mol. The summed E-state index contributed by atoms with van der Waals surface area (Å²) in [7, 11) is 0. The van der Waals surface area contributed by atoms with Crippen LogP contribution in [0, 0.1) is 0 Å². The largest absolute Gasteiger partial charge is 0.491 e. The maximum atomic E-state index is 6.59. The van der Waals surface area contributed by atoms with Gasteiger partial charge in [0.2, 0.25) is 5.79 Å². The van der Waals surface area contributed by atoms with E-state index in [0.29, 0.717) is 29.8 Å². The number of piperazine rings is 1. The van der Waals surface area contributed by atoms with Gasteiger partial charge in [-0.3, -0.25) is 0 Å². The van der Waals surface area contributed by atoms with E-state index in [0.717, 1.165) is 43.2 Å². The van der Waals surface area contributed by atoms with Crippen LogP contribution in [0.25, 0.3) is 5.69 Å². The Kier molecular flexibility index (Phi) is 8.18. The highest BCUT2D eigenvalue weighted by atomic mass is 35.5.